The van der Waals surface area contributed by atoms with Crippen molar-refractivity contribution in [2.45, 2.75) is 30.7 Å². The van der Waals surface area contributed by atoms with Gasteiger partial charge >= 0.3 is 0 Å². The van der Waals surface area contributed by atoms with E-state index in [0.717, 1.165) is 0 Å². The maximum absolute atomic E-state index is 9.72. The molecule has 0 amide bonds. The Balaban J connectivity index is 2.11. The van der Waals surface area contributed by atoms with E-state index in [9.17, 15) is 15.3 Å². The van der Waals surface area contributed by atoms with E-state index in [1.54, 1.807) is 0 Å². The number of halogens is 1. The van der Waals surface area contributed by atoms with Gasteiger partial charge in [-0.3, -0.25) is 4.29 Å². The maximum Gasteiger partial charge on any atom is 0.186 e. The highest BCUT2D eigenvalue weighted by atomic mass is 35.5. The molecule has 1 aliphatic heterocycles. The van der Waals surface area contributed by atoms with Crippen LogP contribution in [0.5, 0.6) is 0 Å². The van der Waals surface area contributed by atoms with Crippen LogP contribution in [-0.2, 0) is 23.2 Å². The zero-order valence-corrected chi connectivity index (χ0v) is 12.8. The Bertz CT molecular complexity index is 281. The van der Waals surface area contributed by atoms with E-state index in [2.05, 4.69) is 4.29 Å². The van der Waals surface area contributed by atoms with Gasteiger partial charge in [-0.15, -0.1) is 0 Å². The fourth-order valence-electron chi connectivity index (χ4n) is 1.84. The van der Waals surface area contributed by atoms with Crippen molar-refractivity contribution in [1.29, 1.82) is 0 Å². The Morgan fingerprint density at radius 1 is 0.818 bits per heavy atom. The number of ether oxygens (including phenoxy) is 4. The van der Waals surface area contributed by atoms with Crippen LogP contribution in [0.25, 0.3) is 0 Å². The molecule has 0 aliphatic carbocycles. The van der Waals surface area contributed by atoms with Crippen molar-refractivity contribution < 1.29 is 43.7 Å². The summed E-state index contributed by atoms with van der Waals surface area (Å²) in [4.78, 5) is 0. The quantitative estimate of drug-likeness (QED) is 0.314. The van der Waals surface area contributed by atoms with Gasteiger partial charge in [0.05, 0.1) is 58.1 Å². The Morgan fingerprint density at radius 2 is 1.41 bits per heavy atom. The van der Waals surface area contributed by atoms with Crippen molar-refractivity contribution in [3.63, 3.8) is 0 Å². The largest absolute Gasteiger partial charge is 0.394 e. The van der Waals surface area contributed by atoms with Crippen molar-refractivity contribution in [3.8, 4) is 0 Å². The zero-order chi connectivity index (χ0) is 16.4. The topological polar surface area (TPSA) is 127 Å². The first-order valence-corrected chi connectivity index (χ1v) is 7.23. The number of hydrogen-bond acceptors (Lipinski definition) is 9. The third kappa shape index (κ3) is 6.59. The molecule has 1 saturated heterocycles. The molecule has 1 rings (SSSR count). The first-order valence-electron chi connectivity index (χ1n) is 6.93. The van der Waals surface area contributed by atoms with E-state index >= 15 is 0 Å². The molecule has 0 aromatic heterocycles. The van der Waals surface area contributed by atoms with Crippen molar-refractivity contribution in [1.82, 2.24) is 0 Å². The molecule has 10 heteroatoms. The molecular formula is C12H23ClO9. The highest BCUT2D eigenvalue weighted by Crippen LogP contribution is 2.21. The predicted molar refractivity (Wildman–Crippen MR) is 73.2 cm³/mol. The molecule has 0 aromatic rings. The summed E-state index contributed by atoms with van der Waals surface area (Å²) in [5.74, 6) is 0. The van der Waals surface area contributed by atoms with E-state index < -0.39 is 37.3 Å². The smallest absolute Gasteiger partial charge is 0.186 e. The molecule has 0 bridgehead atoms. The second-order valence-electron chi connectivity index (χ2n) is 4.61. The Labute approximate surface area is 133 Å². The summed E-state index contributed by atoms with van der Waals surface area (Å²) in [6, 6.07) is 0. The summed E-state index contributed by atoms with van der Waals surface area (Å²) < 4.78 is 25.0. The van der Waals surface area contributed by atoms with Gasteiger partial charge in [-0.1, -0.05) is 0 Å². The van der Waals surface area contributed by atoms with Crippen LogP contribution in [0.15, 0.2) is 0 Å². The number of aliphatic hydroxyl groups is 4. The minimum absolute atomic E-state index is 0.105. The maximum atomic E-state index is 9.72. The Hall–Kier alpha value is -0.0700. The summed E-state index contributed by atoms with van der Waals surface area (Å²) in [5.41, 5.74) is 0. The van der Waals surface area contributed by atoms with Gasteiger partial charge in [-0.25, -0.2) is 0 Å². The summed E-state index contributed by atoms with van der Waals surface area (Å²) in [7, 11) is 0. The normalized spacial score (nSPS) is 32.3. The Morgan fingerprint density at radius 3 is 2.00 bits per heavy atom. The molecule has 0 radical (unpaired) electrons. The van der Waals surface area contributed by atoms with E-state index in [1.807, 2.05) is 0 Å². The molecule has 5 unspecified atom stereocenters. The molecule has 0 saturated carbocycles. The molecule has 1 heterocycles. The minimum Gasteiger partial charge on any atom is -0.394 e. The molecule has 0 aromatic carbocycles. The van der Waals surface area contributed by atoms with Gasteiger partial charge in [0.2, 0.25) is 0 Å². The lowest BCUT2D eigenvalue weighted by Crippen LogP contribution is -2.59. The third-order valence-corrected chi connectivity index (χ3v) is 3.19. The molecule has 22 heavy (non-hydrogen) atoms. The Kier molecular flexibility index (Phi) is 10.4. The lowest BCUT2D eigenvalue weighted by molar-refractivity contribution is -0.302. The first kappa shape index (κ1) is 20.0. The van der Waals surface area contributed by atoms with Crippen LogP contribution in [-0.4, -0.2) is 97.4 Å². The van der Waals surface area contributed by atoms with Crippen LogP contribution in [0.4, 0.5) is 0 Å². The average molecular weight is 347 g/mol. The van der Waals surface area contributed by atoms with Crippen molar-refractivity contribution in [2.24, 2.45) is 0 Å². The summed E-state index contributed by atoms with van der Waals surface area (Å²) in [6.07, 6.45) is -6.38. The number of aliphatic hydroxyl groups excluding tert-OH is 4. The van der Waals surface area contributed by atoms with Crippen LogP contribution in [0, 0.1) is 0 Å². The lowest BCUT2D eigenvalue weighted by atomic mass is 9.99. The van der Waals surface area contributed by atoms with Crippen molar-refractivity contribution >= 4 is 11.9 Å². The second kappa shape index (κ2) is 11.5. The fourth-order valence-corrected chi connectivity index (χ4v) is 1.90. The van der Waals surface area contributed by atoms with Gasteiger partial charge in [0.15, 0.2) is 6.29 Å². The summed E-state index contributed by atoms with van der Waals surface area (Å²) in [5, 5.41) is 37.9. The summed E-state index contributed by atoms with van der Waals surface area (Å²) >= 11 is 5.00. The second-order valence-corrected chi connectivity index (χ2v) is 4.82. The third-order valence-electron chi connectivity index (χ3n) is 3.04. The molecule has 0 spiro atoms. The van der Waals surface area contributed by atoms with Gasteiger partial charge in [-0.05, 0) is 0 Å². The van der Waals surface area contributed by atoms with Crippen LogP contribution in [0.1, 0.15) is 0 Å². The molecule has 1 aliphatic rings. The van der Waals surface area contributed by atoms with Gasteiger partial charge in [0, 0.05) is 0 Å². The van der Waals surface area contributed by atoms with Gasteiger partial charge in [0.1, 0.15) is 24.4 Å². The highest BCUT2D eigenvalue weighted by molar-refractivity contribution is 6.07. The van der Waals surface area contributed by atoms with E-state index in [0.29, 0.717) is 26.4 Å². The molecule has 9 nitrogen and oxygen atoms in total. The minimum atomic E-state index is -1.45. The lowest BCUT2D eigenvalue weighted by Gasteiger charge is -2.39. The van der Waals surface area contributed by atoms with E-state index in [4.69, 9.17) is 35.9 Å². The molecule has 5 atom stereocenters. The van der Waals surface area contributed by atoms with Crippen LogP contribution >= 0.6 is 11.9 Å². The first-order chi connectivity index (χ1) is 10.6. The van der Waals surface area contributed by atoms with Gasteiger partial charge in [-0.2, -0.15) is 0 Å². The van der Waals surface area contributed by atoms with Crippen LogP contribution in [0.3, 0.4) is 0 Å². The average Bonchev–Trinajstić information content (AvgIpc) is 2.53. The van der Waals surface area contributed by atoms with Crippen molar-refractivity contribution in [2.75, 3.05) is 46.2 Å². The fraction of sp³-hybridized carbons (Fsp3) is 1.00. The predicted octanol–water partition coefficient (Wildman–Crippen LogP) is -1.99. The van der Waals surface area contributed by atoms with Gasteiger partial charge in [0.25, 0.3) is 0 Å². The molecular weight excluding hydrogens is 324 g/mol. The SMILES string of the molecule is OCC1OC(OCCOCCOCCOCl)C(O)C(O)C1O. The standard InChI is InChI=1S/C12H23ClO9/c13-21-6-4-19-2-1-18-3-5-20-12-11(17)10(16)9(15)8(7-14)22-12/h8-12,14-17H,1-7H2. The van der Waals surface area contributed by atoms with Crippen LogP contribution in [0.2, 0.25) is 0 Å². The number of hydrogen-bond donors (Lipinski definition) is 4. The molecule has 132 valence electrons. The number of rotatable bonds is 11. The zero-order valence-electron chi connectivity index (χ0n) is 12.0. The highest BCUT2D eigenvalue weighted by Gasteiger charge is 2.43. The molecule has 4 N–H and O–H groups in total. The van der Waals surface area contributed by atoms with Crippen molar-refractivity contribution in [3.05, 3.63) is 0 Å². The van der Waals surface area contributed by atoms with Crippen LogP contribution < -0.4 is 0 Å². The van der Waals surface area contributed by atoms with Gasteiger partial charge < -0.3 is 39.4 Å². The molecule has 1 fully saturated rings. The summed E-state index contributed by atoms with van der Waals surface area (Å²) in [6.45, 7) is 1.22. The van der Waals surface area contributed by atoms with E-state index in [-0.39, 0.29) is 13.2 Å². The monoisotopic (exact) mass is 346 g/mol. The van der Waals surface area contributed by atoms with E-state index in [1.165, 1.54) is 0 Å².